The van der Waals surface area contributed by atoms with Gasteiger partial charge in [0.15, 0.2) is 0 Å². The molecule has 1 aromatic carbocycles. The van der Waals surface area contributed by atoms with E-state index < -0.39 is 6.04 Å². The molecule has 1 unspecified atom stereocenters. The third-order valence-corrected chi connectivity index (χ3v) is 3.56. The lowest BCUT2D eigenvalue weighted by atomic mass is 9.87. The van der Waals surface area contributed by atoms with Crippen molar-refractivity contribution in [1.82, 2.24) is 10.2 Å². The summed E-state index contributed by atoms with van der Waals surface area (Å²) in [5.74, 6) is -0.438. The minimum atomic E-state index is -0.562. The van der Waals surface area contributed by atoms with E-state index in [2.05, 4.69) is 5.32 Å². The summed E-state index contributed by atoms with van der Waals surface area (Å²) in [4.78, 5) is 14.1. The average molecular weight is 295 g/mol. The van der Waals surface area contributed by atoms with Crippen molar-refractivity contribution in [1.29, 1.82) is 0 Å². The van der Waals surface area contributed by atoms with Crippen LogP contribution in [0.15, 0.2) is 24.3 Å². The Bertz CT molecular complexity index is 465. The molecule has 0 bridgehead atoms. The maximum absolute atomic E-state index is 13.0. The zero-order chi connectivity index (χ0) is 16.2. The summed E-state index contributed by atoms with van der Waals surface area (Å²) in [6.45, 7) is 6.23. The molecule has 0 saturated carbocycles. The molecule has 5 heteroatoms. The van der Waals surface area contributed by atoms with Crippen LogP contribution in [0.1, 0.15) is 32.4 Å². The second kappa shape index (κ2) is 7.00. The minimum Gasteiger partial charge on any atom is -0.353 e. The number of carbonyl (C=O) groups excluding carboxylic acids is 1. The third kappa shape index (κ3) is 5.10. The molecular formula is C16H26FN3O. The zero-order valence-electron chi connectivity index (χ0n) is 13.5. The molecule has 0 radical (unpaired) electrons. The lowest BCUT2D eigenvalue weighted by Crippen LogP contribution is -2.50. The molecule has 118 valence electrons. The van der Waals surface area contributed by atoms with E-state index in [1.807, 2.05) is 39.8 Å². The Morgan fingerprint density at radius 1 is 1.29 bits per heavy atom. The van der Waals surface area contributed by atoms with Crippen LogP contribution in [-0.2, 0) is 4.79 Å². The van der Waals surface area contributed by atoms with Crippen molar-refractivity contribution in [3.63, 3.8) is 0 Å². The van der Waals surface area contributed by atoms with E-state index in [0.717, 1.165) is 5.56 Å². The molecule has 1 amide bonds. The van der Waals surface area contributed by atoms with E-state index in [0.29, 0.717) is 6.54 Å². The van der Waals surface area contributed by atoms with Crippen LogP contribution in [0.2, 0.25) is 0 Å². The molecule has 4 nitrogen and oxygen atoms in total. The van der Waals surface area contributed by atoms with Gasteiger partial charge in [-0.2, -0.15) is 0 Å². The van der Waals surface area contributed by atoms with Crippen molar-refractivity contribution in [2.24, 2.45) is 11.1 Å². The number of benzene rings is 1. The van der Waals surface area contributed by atoms with Crippen LogP contribution in [0, 0.1) is 11.2 Å². The predicted octanol–water partition coefficient (Wildman–Crippen LogP) is 1.92. The van der Waals surface area contributed by atoms with Gasteiger partial charge in [0.1, 0.15) is 5.82 Å². The molecule has 0 aliphatic heterocycles. The molecule has 2 atom stereocenters. The Morgan fingerprint density at radius 3 is 2.24 bits per heavy atom. The van der Waals surface area contributed by atoms with Crippen LogP contribution in [0.25, 0.3) is 0 Å². The van der Waals surface area contributed by atoms with Gasteiger partial charge in [0.25, 0.3) is 0 Å². The molecule has 21 heavy (non-hydrogen) atoms. The van der Waals surface area contributed by atoms with Gasteiger partial charge < -0.3 is 16.0 Å². The van der Waals surface area contributed by atoms with E-state index in [9.17, 15) is 9.18 Å². The Kier molecular flexibility index (Phi) is 5.87. The average Bonchev–Trinajstić information content (AvgIpc) is 2.38. The first kappa shape index (κ1) is 17.6. The van der Waals surface area contributed by atoms with Gasteiger partial charge in [-0.3, -0.25) is 4.79 Å². The topological polar surface area (TPSA) is 58.4 Å². The normalized spacial score (nSPS) is 14.9. The number of amides is 1. The Balaban J connectivity index is 2.73. The molecule has 0 aliphatic carbocycles. The quantitative estimate of drug-likeness (QED) is 0.872. The van der Waals surface area contributed by atoms with Crippen molar-refractivity contribution in [3.8, 4) is 0 Å². The summed E-state index contributed by atoms with van der Waals surface area (Å²) in [5, 5.41) is 2.88. The minimum absolute atomic E-state index is 0.0262. The summed E-state index contributed by atoms with van der Waals surface area (Å²) >= 11 is 0. The molecule has 0 aliphatic rings. The summed E-state index contributed by atoms with van der Waals surface area (Å²) in [5.41, 5.74) is 6.61. The van der Waals surface area contributed by atoms with Gasteiger partial charge in [-0.05, 0) is 37.2 Å². The second-order valence-electron chi connectivity index (χ2n) is 6.62. The number of nitrogens with two attached hydrogens (primary N) is 1. The van der Waals surface area contributed by atoms with E-state index >= 15 is 0 Å². The van der Waals surface area contributed by atoms with Gasteiger partial charge in [-0.15, -0.1) is 0 Å². The summed E-state index contributed by atoms with van der Waals surface area (Å²) in [7, 11) is 3.84. The standard InChI is InChI=1S/C16H26FN3O/c1-16(2,3)14(18)15(21)19-10-13(20(4)5)11-6-8-12(17)9-7-11/h6-9,13-14H,10,18H2,1-5H3,(H,19,21)/t13?,14-/m1/s1. The zero-order valence-corrected chi connectivity index (χ0v) is 13.5. The number of carbonyl (C=O) groups is 1. The smallest absolute Gasteiger partial charge is 0.237 e. The number of halogens is 1. The highest BCUT2D eigenvalue weighted by atomic mass is 19.1. The first-order chi connectivity index (χ1) is 9.62. The van der Waals surface area contributed by atoms with Crippen LogP contribution in [-0.4, -0.2) is 37.5 Å². The maximum Gasteiger partial charge on any atom is 0.237 e. The van der Waals surface area contributed by atoms with Crippen LogP contribution in [0.3, 0.4) is 0 Å². The number of nitrogens with zero attached hydrogens (tertiary/aromatic N) is 1. The number of hydrogen-bond donors (Lipinski definition) is 2. The van der Waals surface area contributed by atoms with E-state index in [1.54, 1.807) is 12.1 Å². The Hall–Kier alpha value is -1.46. The van der Waals surface area contributed by atoms with Crippen LogP contribution >= 0.6 is 0 Å². The molecule has 0 spiro atoms. The Labute approximate surface area is 126 Å². The SMILES string of the molecule is CN(C)C(CNC(=O)[C@@H](N)C(C)(C)C)c1ccc(F)cc1. The van der Waals surface area contributed by atoms with Crippen LogP contribution in [0.5, 0.6) is 0 Å². The number of nitrogens with one attached hydrogen (secondary N) is 1. The fraction of sp³-hybridized carbons (Fsp3) is 0.562. The van der Waals surface area contributed by atoms with Gasteiger partial charge in [-0.25, -0.2) is 4.39 Å². The molecule has 0 saturated heterocycles. The second-order valence-corrected chi connectivity index (χ2v) is 6.62. The predicted molar refractivity (Wildman–Crippen MR) is 83.3 cm³/mol. The molecule has 0 aromatic heterocycles. The van der Waals surface area contributed by atoms with Crippen molar-refractivity contribution < 1.29 is 9.18 Å². The maximum atomic E-state index is 13.0. The van der Waals surface area contributed by atoms with E-state index in [-0.39, 0.29) is 23.2 Å². The van der Waals surface area contributed by atoms with Crippen molar-refractivity contribution in [2.45, 2.75) is 32.9 Å². The number of rotatable bonds is 5. The van der Waals surface area contributed by atoms with Gasteiger partial charge in [0.05, 0.1) is 12.1 Å². The lowest BCUT2D eigenvalue weighted by molar-refractivity contribution is -0.124. The van der Waals surface area contributed by atoms with E-state index in [1.165, 1.54) is 12.1 Å². The Morgan fingerprint density at radius 2 is 1.81 bits per heavy atom. The number of likely N-dealkylation sites (N-methyl/N-ethyl adjacent to an activating group) is 1. The molecule has 0 heterocycles. The van der Waals surface area contributed by atoms with Crippen molar-refractivity contribution in [3.05, 3.63) is 35.6 Å². The molecule has 1 rings (SSSR count). The highest BCUT2D eigenvalue weighted by Gasteiger charge is 2.28. The highest BCUT2D eigenvalue weighted by molar-refractivity contribution is 5.82. The molecular weight excluding hydrogens is 269 g/mol. The first-order valence-electron chi connectivity index (χ1n) is 7.08. The summed E-state index contributed by atoms with van der Waals surface area (Å²) in [6.07, 6.45) is 0. The molecule has 0 fully saturated rings. The van der Waals surface area contributed by atoms with Gasteiger partial charge in [0.2, 0.25) is 5.91 Å². The monoisotopic (exact) mass is 295 g/mol. The highest BCUT2D eigenvalue weighted by Crippen LogP contribution is 2.19. The summed E-state index contributed by atoms with van der Waals surface area (Å²) < 4.78 is 13.0. The van der Waals surface area contributed by atoms with Crippen molar-refractivity contribution in [2.75, 3.05) is 20.6 Å². The molecule has 1 aromatic rings. The van der Waals surface area contributed by atoms with E-state index in [4.69, 9.17) is 5.73 Å². The lowest BCUT2D eigenvalue weighted by Gasteiger charge is -2.29. The van der Waals surface area contributed by atoms with Gasteiger partial charge >= 0.3 is 0 Å². The van der Waals surface area contributed by atoms with Gasteiger partial charge in [-0.1, -0.05) is 32.9 Å². The van der Waals surface area contributed by atoms with Crippen molar-refractivity contribution >= 4 is 5.91 Å². The van der Waals surface area contributed by atoms with Crippen LogP contribution in [0.4, 0.5) is 4.39 Å². The van der Waals surface area contributed by atoms with Gasteiger partial charge in [0, 0.05) is 6.54 Å². The van der Waals surface area contributed by atoms with Crippen LogP contribution < -0.4 is 11.1 Å². The molecule has 3 N–H and O–H groups in total. The largest absolute Gasteiger partial charge is 0.353 e. The number of hydrogen-bond acceptors (Lipinski definition) is 3. The summed E-state index contributed by atoms with van der Waals surface area (Å²) in [6, 6.07) is 5.73. The first-order valence-corrected chi connectivity index (χ1v) is 7.08. The fourth-order valence-corrected chi connectivity index (χ4v) is 1.98. The third-order valence-electron chi connectivity index (χ3n) is 3.56. The fourth-order valence-electron chi connectivity index (χ4n) is 1.98.